The molecule has 0 aliphatic heterocycles. The third-order valence-corrected chi connectivity index (χ3v) is 3.60. The van der Waals surface area contributed by atoms with Gasteiger partial charge in [0.15, 0.2) is 0 Å². The van der Waals surface area contributed by atoms with Crippen LogP contribution in [0.5, 0.6) is 0 Å². The quantitative estimate of drug-likeness (QED) is 0.682. The van der Waals surface area contributed by atoms with Crippen LogP contribution in [-0.4, -0.2) is 40.0 Å². The zero-order valence-electron chi connectivity index (χ0n) is 11.7. The maximum atomic E-state index is 14.2. The largest absolute Gasteiger partial charge is 0.383 e. The summed E-state index contributed by atoms with van der Waals surface area (Å²) in [4.78, 5) is 1.97. The molecule has 1 rings (SSSR count). The minimum absolute atomic E-state index is 0.0875. The van der Waals surface area contributed by atoms with Gasteiger partial charge in [-0.05, 0) is 24.6 Å². The lowest BCUT2D eigenvalue weighted by molar-refractivity contribution is 0.170. The fraction of sp³-hybridized carbons (Fsp3) is 0.571. The van der Waals surface area contributed by atoms with Gasteiger partial charge in [-0.3, -0.25) is 0 Å². The van der Waals surface area contributed by atoms with Crippen molar-refractivity contribution in [2.24, 2.45) is 0 Å². The van der Waals surface area contributed by atoms with Crippen molar-refractivity contribution in [3.8, 4) is 0 Å². The molecule has 0 amide bonds. The second-order valence-electron chi connectivity index (χ2n) is 4.41. The number of methoxy groups -OCH3 is 2. The van der Waals surface area contributed by atoms with Gasteiger partial charge in [0.25, 0.3) is 0 Å². The molecule has 3 nitrogen and oxygen atoms in total. The third-order valence-electron chi connectivity index (χ3n) is 2.95. The van der Waals surface area contributed by atoms with E-state index in [9.17, 15) is 4.39 Å². The Balaban J connectivity index is 2.95. The Morgan fingerprint density at radius 2 is 2.05 bits per heavy atom. The van der Waals surface area contributed by atoms with Crippen LogP contribution in [0.1, 0.15) is 12.5 Å². The Kier molecular flexibility index (Phi) is 7.34. The first-order valence-corrected chi connectivity index (χ1v) is 7.35. The minimum atomic E-state index is -0.212. The summed E-state index contributed by atoms with van der Waals surface area (Å²) in [5.74, 6) is -0.212. The van der Waals surface area contributed by atoms with E-state index in [-0.39, 0.29) is 11.9 Å². The Bertz CT molecular complexity index is 390. The Morgan fingerprint density at radius 1 is 1.32 bits per heavy atom. The number of ether oxygens (including phenoxy) is 2. The van der Waals surface area contributed by atoms with Crippen molar-refractivity contribution in [1.82, 2.24) is 0 Å². The maximum absolute atomic E-state index is 14.2. The van der Waals surface area contributed by atoms with Gasteiger partial charge in [0.2, 0.25) is 0 Å². The van der Waals surface area contributed by atoms with Crippen LogP contribution in [0.4, 0.5) is 10.1 Å². The van der Waals surface area contributed by atoms with Crippen molar-refractivity contribution >= 4 is 21.6 Å². The average molecular weight is 334 g/mol. The van der Waals surface area contributed by atoms with Crippen molar-refractivity contribution in [1.29, 1.82) is 0 Å². The number of nitrogens with zero attached hydrogens (tertiary/aromatic N) is 1. The van der Waals surface area contributed by atoms with Crippen molar-refractivity contribution in [3.63, 3.8) is 0 Å². The van der Waals surface area contributed by atoms with E-state index in [0.717, 1.165) is 5.56 Å². The lowest BCUT2D eigenvalue weighted by Gasteiger charge is -2.31. The van der Waals surface area contributed by atoms with Crippen molar-refractivity contribution in [2.75, 3.05) is 38.9 Å². The van der Waals surface area contributed by atoms with Gasteiger partial charge in [0.05, 0.1) is 18.9 Å². The molecule has 1 unspecified atom stereocenters. The molecule has 1 aromatic rings. The molecule has 0 heterocycles. The zero-order chi connectivity index (χ0) is 14.3. The van der Waals surface area contributed by atoms with Gasteiger partial charge < -0.3 is 14.4 Å². The number of benzene rings is 1. The summed E-state index contributed by atoms with van der Waals surface area (Å²) < 4.78 is 24.4. The molecule has 0 N–H and O–H groups in total. The third kappa shape index (κ3) is 4.75. The number of anilines is 1. The van der Waals surface area contributed by atoms with Crippen LogP contribution >= 0.6 is 15.9 Å². The highest BCUT2D eigenvalue weighted by atomic mass is 79.9. The average Bonchev–Trinajstić information content (AvgIpc) is 2.40. The summed E-state index contributed by atoms with van der Waals surface area (Å²) in [6.07, 6.45) is 0. The molecule has 1 atom stereocenters. The molecule has 0 aromatic heterocycles. The summed E-state index contributed by atoms with van der Waals surface area (Å²) in [6, 6.07) is 5.38. The smallest absolute Gasteiger partial charge is 0.146 e. The summed E-state index contributed by atoms with van der Waals surface area (Å²) in [5, 5.41) is 0.649. The second kappa shape index (κ2) is 8.51. The van der Waals surface area contributed by atoms with Crippen LogP contribution in [0.15, 0.2) is 18.2 Å². The van der Waals surface area contributed by atoms with E-state index < -0.39 is 0 Å². The topological polar surface area (TPSA) is 21.7 Å². The Hall–Kier alpha value is -0.650. The van der Waals surface area contributed by atoms with Crippen LogP contribution in [0.3, 0.4) is 0 Å². The first-order valence-electron chi connectivity index (χ1n) is 6.23. The van der Waals surface area contributed by atoms with Crippen LogP contribution in [-0.2, 0) is 14.8 Å². The van der Waals surface area contributed by atoms with Gasteiger partial charge >= 0.3 is 0 Å². The van der Waals surface area contributed by atoms with Gasteiger partial charge in [-0.2, -0.15) is 0 Å². The van der Waals surface area contributed by atoms with Crippen molar-refractivity contribution in [3.05, 3.63) is 29.6 Å². The maximum Gasteiger partial charge on any atom is 0.146 e. The monoisotopic (exact) mass is 333 g/mol. The fourth-order valence-electron chi connectivity index (χ4n) is 1.97. The Morgan fingerprint density at radius 3 is 2.58 bits per heavy atom. The van der Waals surface area contributed by atoms with Gasteiger partial charge in [-0.15, -0.1) is 0 Å². The molecule has 0 aliphatic carbocycles. The highest BCUT2D eigenvalue weighted by molar-refractivity contribution is 9.08. The number of alkyl halides is 1. The first-order chi connectivity index (χ1) is 9.13. The van der Waals surface area contributed by atoms with Gasteiger partial charge in [-0.1, -0.05) is 22.0 Å². The van der Waals surface area contributed by atoms with E-state index >= 15 is 0 Å². The summed E-state index contributed by atoms with van der Waals surface area (Å²) in [6.45, 7) is 3.74. The predicted molar refractivity (Wildman–Crippen MR) is 79.6 cm³/mol. The SMILES string of the molecule is COCCN(c1ccc(CBr)cc1F)C(C)COC. The zero-order valence-corrected chi connectivity index (χ0v) is 13.2. The van der Waals surface area contributed by atoms with E-state index in [1.54, 1.807) is 20.3 Å². The summed E-state index contributed by atoms with van der Waals surface area (Å²) in [7, 11) is 3.29. The van der Waals surface area contributed by atoms with E-state index in [1.807, 2.05) is 24.0 Å². The van der Waals surface area contributed by atoms with Crippen molar-refractivity contribution < 1.29 is 13.9 Å². The number of hydrogen-bond acceptors (Lipinski definition) is 3. The van der Waals surface area contributed by atoms with Gasteiger partial charge in [-0.25, -0.2) is 4.39 Å². The molecular formula is C14H21BrFNO2. The molecule has 1 aromatic carbocycles. The highest BCUT2D eigenvalue weighted by Crippen LogP contribution is 2.23. The molecule has 108 valence electrons. The molecule has 0 fully saturated rings. The number of halogens is 2. The number of rotatable bonds is 8. The molecular weight excluding hydrogens is 313 g/mol. The lowest BCUT2D eigenvalue weighted by Crippen LogP contribution is -2.39. The minimum Gasteiger partial charge on any atom is -0.383 e. The predicted octanol–water partition coefficient (Wildman–Crippen LogP) is 3.21. The van der Waals surface area contributed by atoms with Gasteiger partial charge in [0.1, 0.15) is 5.82 Å². The Labute approximate surface area is 122 Å². The summed E-state index contributed by atoms with van der Waals surface area (Å²) in [5.41, 5.74) is 1.51. The molecule has 5 heteroatoms. The lowest BCUT2D eigenvalue weighted by atomic mass is 10.1. The molecule has 19 heavy (non-hydrogen) atoms. The molecule has 0 spiro atoms. The second-order valence-corrected chi connectivity index (χ2v) is 4.97. The fourth-order valence-corrected chi connectivity index (χ4v) is 2.31. The van der Waals surface area contributed by atoms with E-state index in [1.165, 1.54) is 0 Å². The molecule has 0 bridgehead atoms. The number of hydrogen-bond donors (Lipinski definition) is 0. The normalized spacial score (nSPS) is 12.5. The molecule has 0 radical (unpaired) electrons. The van der Waals surface area contributed by atoms with Gasteiger partial charge in [0, 0.05) is 32.1 Å². The van der Waals surface area contributed by atoms with E-state index in [4.69, 9.17) is 9.47 Å². The molecule has 0 saturated heterocycles. The van der Waals surface area contributed by atoms with E-state index in [0.29, 0.717) is 30.8 Å². The van der Waals surface area contributed by atoms with Crippen LogP contribution < -0.4 is 4.90 Å². The standard InChI is InChI=1S/C14H21BrFNO2/c1-11(10-19-3)17(6-7-18-2)14-5-4-12(9-15)8-13(14)16/h4-5,8,11H,6-7,9-10H2,1-3H3. The summed E-state index contributed by atoms with van der Waals surface area (Å²) >= 11 is 3.33. The van der Waals surface area contributed by atoms with E-state index in [2.05, 4.69) is 15.9 Å². The molecule has 0 saturated carbocycles. The molecule has 0 aliphatic rings. The van der Waals surface area contributed by atoms with Crippen molar-refractivity contribution in [2.45, 2.75) is 18.3 Å². The van der Waals surface area contributed by atoms with Crippen LogP contribution in [0.25, 0.3) is 0 Å². The first kappa shape index (κ1) is 16.4. The van der Waals surface area contributed by atoms with Crippen LogP contribution in [0, 0.1) is 5.82 Å². The highest BCUT2D eigenvalue weighted by Gasteiger charge is 2.17. The van der Waals surface area contributed by atoms with Crippen LogP contribution in [0.2, 0.25) is 0 Å².